The molecule has 5 rings (SSSR count). The lowest BCUT2D eigenvalue weighted by Crippen LogP contribution is -2.32. The van der Waals surface area contributed by atoms with Gasteiger partial charge in [0, 0.05) is 34.4 Å². The molecule has 4 aromatic rings. The van der Waals surface area contributed by atoms with E-state index in [1.165, 1.54) is 10.9 Å². The van der Waals surface area contributed by atoms with Gasteiger partial charge in [0.2, 0.25) is 0 Å². The van der Waals surface area contributed by atoms with Crippen molar-refractivity contribution in [2.45, 2.75) is 18.6 Å². The first-order chi connectivity index (χ1) is 16.2. The van der Waals surface area contributed by atoms with Gasteiger partial charge >= 0.3 is 6.18 Å². The number of nitrogens with one attached hydrogen (secondary N) is 2. The van der Waals surface area contributed by atoms with Crippen LogP contribution in [0.1, 0.15) is 38.8 Å². The second kappa shape index (κ2) is 8.29. The molecule has 1 atom stereocenters. The molecule has 0 radical (unpaired) electrons. The lowest BCUT2D eigenvalue weighted by atomic mass is 9.93. The summed E-state index contributed by atoms with van der Waals surface area (Å²) in [6.07, 6.45) is -3.94. The quantitative estimate of drug-likeness (QED) is 0.355. The van der Waals surface area contributed by atoms with Gasteiger partial charge in [-0.25, -0.2) is 4.39 Å². The van der Waals surface area contributed by atoms with Crippen LogP contribution in [0.2, 0.25) is 0 Å². The SMILES string of the molecule is CN1CCc2c([nH]c3ccccc23)C1c1ccc(NC(=O)c2ccc(F)c(C(F)(F)F)c2)cc1. The number of fused-ring (bicyclic) bond motifs is 3. The van der Waals surface area contributed by atoms with Gasteiger partial charge in [0.15, 0.2) is 0 Å². The van der Waals surface area contributed by atoms with E-state index in [4.69, 9.17) is 0 Å². The van der Waals surface area contributed by atoms with E-state index in [0.29, 0.717) is 17.8 Å². The highest BCUT2D eigenvalue weighted by Crippen LogP contribution is 2.38. The number of H-pyrrole nitrogens is 1. The molecule has 1 aliphatic rings. The zero-order valence-electron chi connectivity index (χ0n) is 18.2. The Morgan fingerprint density at radius 2 is 1.79 bits per heavy atom. The van der Waals surface area contributed by atoms with Crippen molar-refractivity contribution in [2.24, 2.45) is 0 Å². The number of halogens is 4. The minimum atomic E-state index is -4.88. The third kappa shape index (κ3) is 3.94. The fraction of sp³-hybridized carbons (Fsp3) is 0.192. The number of aromatic amines is 1. The molecule has 1 aliphatic heterocycles. The van der Waals surface area contributed by atoms with Gasteiger partial charge in [-0.2, -0.15) is 13.2 Å². The second-order valence-corrected chi connectivity index (χ2v) is 8.46. The molecule has 4 nitrogen and oxygen atoms in total. The first-order valence-electron chi connectivity index (χ1n) is 10.8. The van der Waals surface area contributed by atoms with Crippen molar-refractivity contribution < 1.29 is 22.4 Å². The van der Waals surface area contributed by atoms with E-state index >= 15 is 0 Å². The summed E-state index contributed by atoms with van der Waals surface area (Å²) in [6, 6.07) is 17.6. The van der Waals surface area contributed by atoms with E-state index in [2.05, 4.69) is 34.4 Å². The summed E-state index contributed by atoms with van der Waals surface area (Å²) in [5.74, 6) is -2.16. The highest BCUT2D eigenvalue weighted by molar-refractivity contribution is 6.04. The summed E-state index contributed by atoms with van der Waals surface area (Å²) >= 11 is 0. The molecule has 0 fully saturated rings. The fourth-order valence-electron chi connectivity index (χ4n) is 4.62. The highest BCUT2D eigenvalue weighted by atomic mass is 19.4. The third-order valence-electron chi connectivity index (χ3n) is 6.29. The van der Waals surface area contributed by atoms with Gasteiger partial charge in [-0.15, -0.1) is 0 Å². The molecule has 0 spiro atoms. The number of hydrogen-bond acceptors (Lipinski definition) is 2. The zero-order valence-corrected chi connectivity index (χ0v) is 18.2. The average molecular weight is 467 g/mol. The molecule has 0 saturated heterocycles. The fourth-order valence-corrected chi connectivity index (χ4v) is 4.62. The van der Waals surface area contributed by atoms with Crippen molar-refractivity contribution >= 4 is 22.5 Å². The van der Waals surface area contributed by atoms with E-state index in [0.717, 1.165) is 35.8 Å². The van der Waals surface area contributed by atoms with Gasteiger partial charge in [0.25, 0.3) is 5.91 Å². The highest BCUT2D eigenvalue weighted by Gasteiger charge is 2.35. The van der Waals surface area contributed by atoms with Crippen molar-refractivity contribution in [3.8, 4) is 0 Å². The number of amides is 1. The molecular weight excluding hydrogens is 446 g/mol. The van der Waals surface area contributed by atoms with E-state index in [1.54, 1.807) is 12.1 Å². The molecule has 0 saturated carbocycles. The standard InChI is InChI=1S/C26H21F4N3O/c1-33-13-12-19-18-4-2-3-5-22(18)32-23(19)24(33)15-6-9-17(10-7-15)31-25(34)16-8-11-21(27)20(14-16)26(28,29)30/h2-11,14,24,32H,12-13H2,1H3,(H,31,34). The van der Waals surface area contributed by atoms with E-state index < -0.39 is 23.5 Å². The molecular formula is C26H21F4N3O. The molecule has 174 valence electrons. The summed E-state index contributed by atoms with van der Waals surface area (Å²) in [6.45, 7) is 0.893. The number of likely N-dealkylation sites (N-methyl/N-ethyl adjacent to an activating group) is 1. The molecule has 1 amide bonds. The molecule has 2 N–H and O–H groups in total. The largest absolute Gasteiger partial charge is 0.419 e. The van der Waals surface area contributed by atoms with E-state index in [9.17, 15) is 22.4 Å². The number of carbonyl (C=O) groups excluding carboxylic acids is 1. The first-order valence-corrected chi connectivity index (χ1v) is 10.8. The molecule has 8 heteroatoms. The van der Waals surface area contributed by atoms with Gasteiger partial charge in [-0.1, -0.05) is 30.3 Å². The molecule has 2 heterocycles. The molecule has 1 aromatic heterocycles. The Kier molecular flexibility index (Phi) is 5.40. The van der Waals surface area contributed by atoms with Crippen molar-refractivity contribution in [3.63, 3.8) is 0 Å². The number of carbonyl (C=O) groups is 1. The summed E-state index contributed by atoms with van der Waals surface area (Å²) in [5, 5.41) is 3.81. The Hall–Kier alpha value is -3.65. The topological polar surface area (TPSA) is 48.1 Å². The predicted molar refractivity (Wildman–Crippen MR) is 122 cm³/mol. The van der Waals surface area contributed by atoms with Gasteiger partial charge in [-0.05, 0) is 61.0 Å². The van der Waals surface area contributed by atoms with Crippen molar-refractivity contribution in [1.29, 1.82) is 0 Å². The summed E-state index contributed by atoms with van der Waals surface area (Å²) in [5.41, 5.74) is 3.24. The minimum absolute atomic E-state index is 0.00680. The number of aromatic nitrogens is 1. The number of nitrogens with zero attached hydrogens (tertiary/aromatic N) is 1. The summed E-state index contributed by atoms with van der Waals surface area (Å²) in [7, 11) is 2.06. The Morgan fingerprint density at radius 1 is 1.06 bits per heavy atom. The first kappa shape index (κ1) is 22.2. The number of benzene rings is 3. The monoisotopic (exact) mass is 467 g/mol. The van der Waals surface area contributed by atoms with Crippen molar-refractivity contribution in [3.05, 3.63) is 100 Å². The Labute approximate surface area is 193 Å². The lowest BCUT2D eigenvalue weighted by Gasteiger charge is -2.33. The molecule has 34 heavy (non-hydrogen) atoms. The smallest absolute Gasteiger partial charge is 0.357 e. The number of para-hydroxylation sites is 1. The van der Waals surface area contributed by atoms with Crippen LogP contribution in [-0.4, -0.2) is 29.4 Å². The summed E-state index contributed by atoms with van der Waals surface area (Å²) in [4.78, 5) is 18.3. The predicted octanol–water partition coefficient (Wildman–Crippen LogP) is 6.16. The van der Waals surface area contributed by atoms with E-state index in [1.807, 2.05) is 24.3 Å². The zero-order chi connectivity index (χ0) is 24.0. The average Bonchev–Trinajstić information content (AvgIpc) is 3.17. The maximum absolute atomic E-state index is 13.5. The van der Waals surface area contributed by atoms with Crippen LogP contribution in [0.25, 0.3) is 10.9 Å². The minimum Gasteiger partial charge on any atom is -0.357 e. The Bertz CT molecular complexity index is 1380. The van der Waals surface area contributed by atoms with E-state index in [-0.39, 0.29) is 11.6 Å². The van der Waals surface area contributed by atoms with Crippen LogP contribution in [0.5, 0.6) is 0 Å². The number of rotatable bonds is 3. The van der Waals surface area contributed by atoms with Gasteiger partial charge in [0.05, 0.1) is 11.6 Å². The van der Waals surface area contributed by atoms with Crippen LogP contribution in [0.15, 0.2) is 66.7 Å². The van der Waals surface area contributed by atoms with Crippen LogP contribution in [0.3, 0.4) is 0 Å². The maximum Gasteiger partial charge on any atom is 0.419 e. The van der Waals surface area contributed by atoms with Gasteiger partial charge in [0.1, 0.15) is 5.82 Å². The normalized spacial score (nSPS) is 16.4. The number of hydrogen-bond donors (Lipinski definition) is 2. The van der Waals surface area contributed by atoms with Crippen molar-refractivity contribution in [2.75, 3.05) is 18.9 Å². The third-order valence-corrected chi connectivity index (χ3v) is 6.29. The molecule has 0 bridgehead atoms. The van der Waals surface area contributed by atoms with Gasteiger partial charge < -0.3 is 10.3 Å². The van der Waals surface area contributed by atoms with Crippen LogP contribution in [0, 0.1) is 5.82 Å². The van der Waals surface area contributed by atoms with Crippen LogP contribution >= 0.6 is 0 Å². The Balaban J connectivity index is 1.39. The lowest BCUT2D eigenvalue weighted by molar-refractivity contribution is -0.140. The molecule has 1 unspecified atom stereocenters. The number of alkyl halides is 3. The molecule has 3 aromatic carbocycles. The van der Waals surface area contributed by atoms with Crippen LogP contribution in [0.4, 0.5) is 23.2 Å². The number of anilines is 1. The maximum atomic E-state index is 13.5. The Morgan fingerprint density at radius 3 is 2.53 bits per heavy atom. The second-order valence-electron chi connectivity index (χ2n) is 8.46. The van der Waals surface area contributed by atoms with Crippen LogP contribution < -0.4 is 5.32 Å². The van der Waals surface area contributed by atoms with Crippen molar-refractivity contribution in [1.82, 2.24) is 9.88 Å². The molecule has 0 aliphatic carbocycles. The van der Waals surface area contributed by atoms with Crippen LogP contribution in [-0.2, 0) is 12.6 Å². The van der Waals surface area contributed by atoms with Gasteiger partial charge in [-0.3, -0.25) is 9.69 Å². The summed E-state index contributed by atoms with van der Waals surface area (Å²) < 4.78 is 52.4.